The van der Waals surface area contributed by atoms with Crippen LogP contribution in [0.5, 0.6) is 0 Å². The highest BCUT2D eigenvalue weighted by atomic mass is 79.9. The van der Waals surface area contributed by atoms with Gasteiger partial charge in [-0.2, -0.15) is 4.72 Å². The van der Waals surface area contributed by atoms with Gasteiger partial charge in [-0.15, -0.1) is 0 Å². The van der Waals surface area contributed by atoms with Crippen LogP contribution in [-0.2, 0) is 14.8 Å². The number of hydrogen-bond acceptors (Lipinski definition) is 3. The SMILES string of the molecule is CC(C)(NS(=O)(=O)c1ccc(Br)cc1)C(N)=O. The Morgan fingerprint density at radius 1 is 1.29 bits per heavy atom. The van der Waals surface area contributed by atoms with E-state index in [9.17, 15) is 13.2 Å². The molecule has 0 spiro atoms. The molecule has 1 amide bonds. The number of rotatable bonds is 4. The van der Waals surface area contributed by atoms with E-state index in [0.29, 0.717) is 0 Å². The number of amides is 1. The second-order valence-corrected chi connectivity index (χ2v) is 6.65. The summed E-state index contributed by atoms with van der Waals surface area (Å²) in [6.07, 6.45) is 0. The van der Waals surface area contributed by atoms with E-state index in [1.165, 1.54) is 26.0 Å². The van der Waals surface area contributed by atoms with Crippen molar-refractivity contribution in [2.75, 3.05) is 0 Å². The van der Waals surface area contributed by atoms with E-state index in [-0.39, 0.29) is 4.90 Å². The van der Waals surface area contributed by atoms with Gasteiger partial charge in [-0.3, -0.25) is 4.79 Å². The van der Waals surface area contributed by atoms with Crippen LogP contribution in [0.4, 0.5) is 0 Å². The minimum atomic E-state index is -3.75. The molecular weight excluding hydrogens is 308 g/mol. The summed E-state index contributed by atoms with van der Waals surface area (Å²) >= 11 is 3.21. The standard InChI is InChI=1S/C10H13BrN2O3S/c1-10(2,9(12)14)13-17(15,16)8-5-3-7(11)4-6-8/h3-6,13H,1-2H3,(H2,12,14). The van der Waals surface area contributed by atoms with E-state index in [2.05, 4.69) is 20.7 Å². The molecule has 0 saturated heterocycles. The molecule has 1 aromatic carbocycles. The summed E-state index contributed by atoms with van der Waals surface area (Å²) in [5.41, 5.74) is 3.78. The predicted molar refractivity (Wildman–Crippen MR) is 67.7 cm³/mol. The number of nitrogens with two attached hydrogens (primary N) is 1. The lowest BCUT2D eigenvalue weighted by molar-refractivity contribution is -0.122. The van der Waals surface area contributed by atoms with Gasteiger partial charge in [-0.1, -0.05) is 15.9 Å². The average Bonchev–Trinajstić information content (AvgIpc) is 2.16. The zero-order chi connectivity index (χ0) is 13.3. The highest BCUT2D eigenvalue weighted by Crippen LogP contribution is 2.16. The number of primary amides is 1. The molecule has 0 aliphatic heterocycles. The Kier molecular flexibility index (Phi) is 3.95. The first-order valence-corrected chi connectivity index (χ1v) is 7.02. The molecule has 1 aromatic rings. The van der Waals surface area contributed by atoms with Crippen LogP contribution < -0.4 is 10.5 Å². The van der Waals surface area contributed by atoms with Crippen LogP contribution in [0.1, 0.15) is 13.8 Å². The second-order valence-electron chi connectivity index (χ2n) is 4.05. The number of carbonyl (C=O) groups is 1. The fraction of sp³-hybridized carbons (Fsp3) is 0.300. The molecule has 0 radical (unpaired) electrons. The van der Waals surface area contributed by atoms with Gasteiger partial charge in [0.15, 0.2) is 0 Å². The third kappa shape index (κ3) is 3.52. The molecule has 0 aromatic heterocycles. The number of sulfonamides is 1. The van der Waals surface area contributed by atoms with Gasteiger partial charge in [0.05, 0.1) is 4.90 Å². The minimum Gasteiger partial charge on any atom is -0.368 e. The number of nitrogens with one attached hydrogen (secondary N) is 1. The summed E-state index contributed by atoms with van der Waals surface area (Å²) in [7, 11) is -3.75. The Labute approximate surface area is 109 Å². The lowest BCUT2D eigenvalue weighted by Crippen LogP contribution is -2.52. The number of carbonyl (C=O) groups excluding carboxylic acids is 1. The molecule has 17 heavy (non-hydrogen) atoms. The van der Waals surface area contributed by atoms with Gasteiger partial charge in [-0.25, -0.2) is 8.42 Å². The Morgan fingerprint density at radius 3 is 2.18 bits per heavy atom. The van der Waals surface area contributed by atoms with Crippen molar-refractivity contribution < 1.29 is 13.2 Å². The van der Waals surface area contributed by atoms with E-state index in [4.69, 9.17) is 5.73 Å². The first-order chi connectivity index (χ1) is 7.65. The molecule has 0 aliphatic rings. The molecule has 0 unspecified atom stereocenters. The molecular formula is C10H13BrN2O3S. The third-order valence-electron chi connectivity index (χ3n) is 2.13. The maximum Gasteiger partial charge on any atom is 0.241 e. The minimum absolute atomic E-state index is 0.0787. The van der Waals surface area contributed by atoms with E-state index in [1.807, 2.05) is 0 Å². The molecule has 94 valence electrons. The number of hydrogen-bond donors (Lipinski definition) is 2. The van der Waals surface area contributed by atoms with Crippen molar-refractivity contribution >= 4 is 31.9 Å². The fourth-order valence-electron chi connectivity index (χ4n) is 1.06. The van der Waals surface area contributed by atoms with Crippen molar-refractivity contribution in [3.8, 4) is 0 Å². The van der Waals surface area contributed by atoms with Crippen LogP contribution in [0.2, 0.25) is 0 Å². The zero-order valence-corrected chi connectivity index (χ0v) is 11.8. The van der Waals surface area contributed by atoms with E-state index < -0.39 is 21.5 Å². The third-order valence-corrected chi connectivity index (χ3v) is 4.33. The normalized spacial score (nSPS) is 12.4. The molecule has 3 N–H and O–H groups in total. The predicted octanol–water partition coefficient (Wildman–Crippen LogP) is 0.991. The highest BCUT2D eigenvalue weighted by Gasteiger charge is 2.31. The van der Waals surface area contributed by atoms with E-state index in [0.717, 1.165) is 4.47 Å². The highest BCUT2D eigenvalue weighted by molar-refractivity contribution is 9.10. The van der Waals surface area contributed by atoms with Gasteiger partial charge >= 0.3 is 0 Å². The lowest BCUT2D eigenvalue weighted by atomic mass is 10.1. The van der Waals surface area contributed by atoms with E-state index >= 15 is 0 Å². The Morgan fingerprint density at radius 2 is 1.76 bits per heavy atom. The topological polar surface area (TPSA) is 89.3 Å². The molecule has 1 rings (SSSR count). The smallest absolute Gasteiger partial charge is 0.241 e. The van der Waals surface area contributed by atoms with Gasteiger partial charge in [0.25, 0.3) is 0 Å². The summed E-state index contributed by atoms with van der Waals surface area (Å²) in [6.45, 7) is 2.82. The Hall–Kier alpha value is -0.920. The molecule has 0 fully saturated rings. The van der Waals surface area contributed by atoms with E-state index in [1.54, 1.807) is 12.1 Å². The second kappa shape index (κ2) is 4.75. The molecule has 7 heteroatoms. The Bertz CT molecular complexity index is 523. The molecule has 0 atom stereocenters. The van der Waals surface area contributed by atoms with Crippen LogP contribution in [0.15, 0.2) is 33.6 Å². The van der Waals surface area contributed by atoms with Crippen LogP contribution in [-0.4, -0.2) is 19.9 Å². The van der Waals surface area contributed by atoms with Crippen LogP contribution >= 0.6 is 15.9 Å². The number of halogens is 1. The van der Waals surface area contributed by atoms with Gasteiger partial charge < -0.3 is 5.73 Å². The van der Waals surface area contributed by atoms with Crippen molar-refractivity contribution in [1.29, 1.82) is 0 Å². The Balaban J connectivity index is 3.05. The van der Waals surface area contributed by atoms with Crippen LogP contribution in [0.3, 0.4) is 0 Å². The van der Waals surface area contributed by atoms with Crippen molar-refractivity contribution in [3.63, 3.8) is 0 Å². The first kappa shape index (κ1) is 14.1. The lowest BCUT2D eigenvalue weighted by Gasteiger charge is -2.21. The summed E-state index contributed by atoms with van der Waals surface area (Å²) in [6, 6.07) is 6.07. The fourth-order valence-corrected chi connectivity index (χ4v) is 2.71. The molecule has 0 saturated carbocycles. The largest absolute Gasteiger partial charge is 0.368 e. The van der Waals surface area contributed by atoms with Gasteiger partial charge in [0.1, 0.15) is 5.54 Å². The maximum atomic E-state index is 11.9. The quantitative estimate of drug-likeness (QED) is 0.867. The maximum absolute atomic E-state index is 11.9. The van der Waals surface area contributed by atoms with Crippen molar-refractivity contribution in [2.45, 2.75) is 24.3 Å². The molecule has 0 aliphatic carbocycles. The van der Waals surface area contributed by atoms with Crippen LogP contribution in [0, 0.1) is 0 Å². The molecule has 5 nitrogen and oxygen atoms in total. The van der Waals surface area contributed by atoms with Gasteiger partial charge in [-0.05, 0) is 38.1 Å². The van der Waals surface area contributed by atoms with Crippen LogP contribution in [0.25, 0.3) is 0 Å². The first-order valence-electron chi connectivity index (χ1n) is 4.74. The number of benzene rings is 1. The summed E-state index contributed by atoms with van der Waals surface area (Å²) in [4.78, 5) is 11.2. The van der Waals surface area contributed by atoms with Gasteiger partial charge in [0, 0.05) is 4.47 Å². The van der Waals surface area contributed by atoms with Crippen molar-refractivity contribution in [2.24, 2.45) is 5.73 Å². The molecule has 0 heterocycles. The van der Waals surface area contributed by atoms with Crippen molar-refractivity contribution in [1.82, 2.24) is 4.72 Å². The molecule has 0 bridgehead atoms. The zero-order valence-electron chi connectivity index (χ0n) is 9.40. The average molecular weight is 321 g/mol. The monoisotopic (exact) mass is 320 g/mol. The summed E-state index contributed by atoms with van der Waals surface area (Å²) in [5.74, 6) is -0.738. The van der Waals surface area contributed by atoms with Gasteiger partial charge in [0.2, 0.25) is 15.9 Å². The summed E-state index contributed by atoms with van der Waals surface area (Å²) < 4.78 is 26.9. The van der Waals surface area contributed by atoms with Crippen molar-refractivity contribution in [3.05, 3.63) is 28.7 Å². The summed E-state index contributed by atoms with van der Waals surface area (Å²) in [5, 5.41) is 0.